The van der Waals surface area contributed by atoms with Crippen LogP contribution in [0.5, 0.6) is 0 Å². The van der Waals surface area contributed by atoms with Gasteiger partial charge in [0.1, 0.15) is 0 Å². The molecule has 4 rings (SSSR count). The number of anilines is 1. The smallest absolute Gasteiger partial charge is 0.276 e. The fourth-order valence-electron chi connectivity index (χ4n) is 3.45. The van der Waals surface area contributed by atoms with E-state index in [1.165, 1.54) is 25.7 Å². The van der Waals surface area contributed by atoms with Crippen molar-refractivity contribution in [2.24, 2.45) is 0 Å². The standard InChI is InChI=1S/C18H22N4OS/c23-18(17-13-11-19-10-9-14(13)21-22-17)20-15-7-3-4-8-16(15)24-12-5-1-2-6-12/h3-4,7-8,12,19H,1-2,5-6,9-11H2,(H,20,23)(H,21,22). The van der Waals surface area contributed by atoms with Crippen molar-refractivity contribution < 1.29 is 4.79 Å². The van der Waals surface area contributed by atoms with Gasteiger partial charge in [0.2, 0.25) is 0 Å². The lowest BCUT2D eigenvalue weighted by Gasteiger charge is -2.15. The third-order valence-electron chi connectivity index (χ3n) is 4.75. The van der Waals surface area contributed by atoms with E-state index >= 15 is 0 Å². The first-order valence-corrected chi connectivity index (χ1v) is 9.53. The summed E-state index contributed by atoms with van der Waals surface area (Å²) >= 11 is 1.89. The summed E-state index contributed by atoms with van der Waals surface area (Å²) < 4.78 is 0. The predicted octanol–water partition coefficient (Wildman–Crippen LogP) is 3.34. The molecule has 1 aromatic carbocycles. The van der Waals surface area contributed by atoms with Gasteiger partial charge in [-0.15, -0.1) is 11.8 Å². The Morgan fingerprint density at radius 3 is 2.96 bits per heavy atom. The number of amides is 1. The summed E-state index contributed by atoms with van der Waals surface area (Å²) in [5.41, 5.74) is 3.48. The van der Waals surface area contributed by atoms with E-state index in [-0.39, 0.29) is 5.91 Å². The molecule has 5 nitrogen and oxygen atoms in total. The Balaban J connectivity index is 1.52. The molecule has 24 heavy (non-hydrogen) atoms. The first kappa shape index (κ1) is 15.7. The number of benzene rings is 1. The number of carbonyl (C=O) groups is 1. The van der Waals surface area contributed by atoms with Gasteiger partial charge in [0.15, 0.2) is 5.69 Å². The van der Waals surface area contributed by atoms with Crippen molar-refractivity contribution in [2.75, 3.05) is 11.9 Å². The number of aromatic nitrogens is 2. The van der Waals surface area contributed by atoms with Crippen molar-refractivity contribution in [3.05, 3.63) is 41.2 Å². The largest absolute Gasteiger partial charge is 0.320 e. The fraction of sp³-hybridized carbons (Fsp3) is 0.444. The van der Waals surface area contributed by atoms with Crippen molar-refractivity contribution in [3.8, 4) is 0 Å². The third-order valence-corrected chi connectivity index (χ3v) is 6.17. The summed E-state index contributed by atoms with van der Waals surface area (Å²) in [6, 6.07) is 8.08. The molecule has 6 heteroatoms. The fourth-order valence-corrected chi connectivity index (χ4v) is 4.78. The highest BCUT2D eigenvalue weighted by atomic mass is 32.2. The van der Waals surface area contributed by atoms with Crippen molar-refractivity contribution >= 4 is 23.4 Å². The van der Waals surface area contributed by atoms with Gasteiger partial charge in [-0.05, 0) is 25.0 Å². The van der Waals surface area contributed by atoms with Gasteiger partial charge in [-0.2, -0.15) is 5.10 Å². The number of aromatic amines is 1. The molecule has 1 aromatic heterocycles. The molecular formula is C18H22N4OS. The van der Waals surface area contributed by atoms with E-state index in [0.29, 0.717) is 17.5 Å². The Kier molecular flexibility index (Phi) is 4.58. The molecule has 1 saturated carbocycles. The number of nitrogens with one attached hydrogen (secondary N) is 3. The summed E-state index contributed by atoms with van der Waals surface area (Å²) in [7, 11) is 0. The lowest BCUT2D eigenvalue weighted by molar-refractivity contribution is 0.102. The van der Waals surface area contributed by atoms with Crippen LogP contribution in [0.3, 0.4) is 0 Å². The van der Waals surface area contributed by atoms with Gasteiger partial charge in [0.25, 0.3) is 5.91 Å². The number of carbonyl (C=O) groups excluding carboxylic acids is 1. The van der Waals surface area contributed by atoms with Crippen molar-refractivity contribution in [2.45, 2.75) is 48.8 Å². The second kappa shape index (κ2) is 6.99. The average molecular weight is 342 g/mol. The van der Waals surface area contributed by atoms with Gasteiger partial charge in [0.05, 0.1) is 5.69 Å². The Morgan fingerprint density at radius 2 is 2.08 bits per heavy atom. The minimum absolute atomic E-state index is 0.129. The molecule has 0 unspecified atom stereocenters. The van der Waals surface area contributed by atoms with Gasteiger partial charge in [-0.3, -0.25) is 9.89 Å². The lowest BCUT2D eigenvalue weighted by Crippen LogP contribution is -2.25. The second-order valence-corrected chi connectivity index (χ2v) is 7.77. The van der Waals surface area contributed by atoms with Crippen LogP contribution < -0.4 is 10.6 Å². The summed E-state index contributed by atoms with van der Waals surface area (Å²) in [5.74, 6) is -0.129. The SMILES string of the molecule is O=C(Nc1ccccc1SC1CCCC1)c1n[nH]c2c1CNCC2. The average Bonchev–Trinajstić information content (AvgIpc) is 3.26. The highest BCUT2D eigenvalue weighted by molar-refractivity contribution is 8.00. The Bertz CT molecular complexity index is 736. The van der Waals surface area contributed by atoms with Crippen LogP contribution >= 0.6 is 11.8 Å². The van der Waals surface area contributed by atoms with Crippen LogP contribution in [0.15, 0.2) is 29.2 Å². The zero-order chi connectivity index (χ0) is 16.4. The van der Waals surface area contributed by atoms with Crippen LogP contribution in [-0.2, 0) is 13.0 Å². The summed E-state index contributed by atoms with van der Waals surface area (Å²) in [6.07, 6.45) is 6.07. The maximum absolute atomic E-state index is 12.7. The van der Waals surface area contributed by atoms with Crippen LogP contribution in [0.1, 0.15) is 47.4 Å². The first-order chi connectivity index (χ1) is 11.8. The number of hydrogen-bond donors (Lipinski definition) is 3. The van der Waals surface area contributed by atoms with Gasteiger partial charge >= 0.3 is 0 Å². The van der Waals surface area contributed by atoms with Crippen LogP contribution in [0.2, 0.25) is 0 Å². The summed E-state index contributed by atoms with van der Waals surface area (Å²) in [5, 5.41) is 14.3. The quantitative estimate of drug-likeness (QED) is 0.797. The second-order valence-electron chi connectivity index (χ2n) is 6.43. The van der Waals surface area contributed by atoms with Crippen molar-refractivity contribution in [3.63, 3.8) is 0 Å². The Morgan fingerprint density at radius 1 is 1.25 bits per heavy atom. The number of hydrogen-bond acceptors (Lipinski definition) is 4. The number of thioether (sulfide) groups is 1. The molecule has 1 amide bonds. The maximum Gasteiger partial charge on any atom is 0.276 e. The topological polar surface area (TPSA) is 69.8 Å². The maximum atomic E-state index is 12.7. The van der Waals surface area contributed by atoms with E-state index in [4.69, 9.17) is 0 Å². The van der Waals surface area contributed by atoms with Crippen LogP contribution in [-0.4, -0.2) is 27.9 Å². The number of fused-ring (bicyclic) bond motifs is 1. The predicted molar refractivity (Wildman–Crippen MR) is 96.5 cm³/mol. The van der Waals surface area contributed by atoms with E-state index in [0.717, 1.165) is 34.8 Å². The third kappa shape index (κ3) is 3.21. The lowest BCUT2D eigenvalue weighted by atomic mass is 10.1. The molecule has 0 saturated heterocycles. The van der Waals surface area contributed by atoms with E-state index in [1.807, 2.05) is 30.0 Å². The molecule has 0 radical (unpaired) electrons. The van der Waals surface area contributed by atoms with E-state index in [9.17, 15) is 4.79 Å². The molecular weight excluding hydrogens is 320 g/mol. The number of rotatable bonds is 4. The normalized spacial score (nSPS) is 17.7. The molecule has 3 N–H and O–H groups in total. The molecule has 2 aliphatic rings. The van der Waals surface area contributed by atoms with E-state index < -0.39 is 0 Å². The van der Waals surface area contributed by atoms with E-state index in [1.54, 1.807) is 0 Å². The summed E-state index contributed by atoms with van der Waals surface area (Å²) in [6.45, 7) is 1.63. The number of nitrogens with zero attached hydrogens (tertiary/aromatic N) is 1. The molecule has 0 bridgehead atoms. The number of para-hydroxylation sites is 1. The molecule has 1 fully saturated rings. The Labute approximate surface area is 146 Å². The zero-order valence-corrected chi connectivity index (χ0v) is 14.4. The Hall–Kier alpha value is -1.79. The summed E-state index contributed by atoms with van der Waals surface area (Å²) in [4.78, 5) is 13.9. The van der Waals surface area contributed by atoms with Crippen LogP contribution in [0, 0.1) is 0 Å². The zero-order valence-electron chi connectivity index (χ0n) is 13.6. The molecule has 0 atom stereocenters. The molecule has 2 heterocycles. The van der Waals surface area contributed by atoms with Crippen molar-refractivity contribution in [1.82, 2.24) is 15.5 Å². The van der Waals surface area contributed by atoms with Crippen molar-refractivity contribution in [1.29, 1.82) is 0 Å². The van der Waals surface area contributed by atoms with Crippen LogP contribution in [0.4, 0.5) is 5.69 Å². The van der Waals surface area contributed by atoms with Gasteiger partial charge in [0, 0.05) is 40.9 Å². The highest BCUT2D eigenvalue weighted by Gasteiger charge is 2.23. The minimum atomic E-state index is -0.129. The highest BCUT2D eigenvalue weighted by Crippen LogP contribution is 2.38. The molecule has 2 aromatic rings. The molecule has 1 aliphatic heterocycles. The first-order valence-electron chi connectivity index (χ1n) is 8.65. The molecule has 0 spiro atoms. The number of H-pyrrole nitrogens is 1. The molecule has 126 valence electrons. The molecule has 1 aliphatic carbocycles. The van der Waals surface area contributed by atoms with Gasteiger partial charge in [-0.1, -0.05) is 25.0 Å². The van der Waals surface area contributed by atoms with E-state index in [2.05, 4.69) is 26.9 Å². The monoisotopic (exact) mass is 342 g/mol. The minimum Gasteiger partial charge on any atom is -0.320 e. The van der Waals surface area contributed by atoms with Gasteiger partial charge in [-0.25, -0.2) is 0 Å². The van der Waals surface area contributed by atoms with Crippen LogP contribution in [0.25, 0.3) is 0 Å². The van der Waals surface area contributed by atoms with Gasteiger partial charge < -0.3 is 10.6 Å².